The number of alkyl halides is 5. The fraction of sp³-hybridized carbons (Fsp3) is 0.278. The molecule has 2 aromatic carbocycles. The Hall–Kier alpha value is -2.88. The first-order chi connectivity index (χ1) is 13.2. The highest BCUT2D eigenvalue weighted by atomic mass is 19.4. The lowest BCUT2D eigenvalue weighted by Crippen LogP contribution is -2.24. The Bertz CT molecular complexity index is 794. The second kappa shape index (κ2) is 9.36. The minimum atomic E-state index is -4.55. The zero-order valence-corrected chi connectivity index (χ0v) is 14.6. The maximum absolute atomic E-state index is 12.7. The van der Waals surface area contributed by atoms with Crippen LogP contribution in [0.15, 0.2) is 42.5 Å². The summed E-state index contributed by atoms with van der Waals surface area (Å²) >= 11 is 0. The zero-order chi connectivity index (χ0) is 20.7. The molecule has 10 heteroatoms. The Labute approximate surface area is 157 Å². The average Bonchev–Trinajstić information content (AvgIpc) is 2.61. The highest BCUT2D eigenvalue weighted by Crippen LogP contribution is 2.34. The van der Waals surface area contributed by atoms with Crippen LogP contribution in [0.3, 0.4) is 0 Å². The molecular weight excluding hydrogens is 389 g/mol. The molecule has 1 amide bonds. The molecule has 0 spiro atoms. The number of anilines is 1. The SMILES string of the molecule is COc1ccc(-c2cc(NC(=O)COCC(F)(F)F)ccc2OC(F)F)cc1. The van der Waals surface area contributed by atoms with Crippen molar-refractivity contribution in [1.29, 1.82) is 0 Å². The Morgan fingerprint density at radius 2 is 1.79 bits per heavy atom. The zero-order valence-electron chi connectivity index (χ0n) is 14.6. The first-order valence-electron chi connectivity index (χ1n) is 7.85. The topological polar surface area (TPSA) is 56.8 Å². The molecule has 152 valence electrons. The van der Waals surface area contributed by atoms with Gasteiger partial charge in [0.05, 0.1) is 7.11 Å². The van der Waals surface area contributed by atoms with Gasteiger partial charge >= 0.3 is 12.8 Å². The van der Waals surface area contributed by atoms with Crippen molar-refractivity contribution in [2.45, 2.75) is 12.8 Å². The molecule has 0 unspecified atom stereocenters. The minimum Gasteiger partial charge on any atom is -0.497 e. The lowest BCUT2D eigenvalue weighted by molar-refractivity contribution is -0.174. The summed E-state index contributed by atoms with van der Waals surface area (Å²) in [5, 5.41) is 2.34. The molecule has 2 aromatic rings. The number of ether oxygens (including phenoxy) is 3. The average molecular weight is 405 g/mol. The van der Waals surface area contributed by atoms with Crippen LogP contribution >= 0.6 is 0 Å². The van der Waals surface area contributed by atoms with Crippen LogP contribution in [-0.2, 0) is 9.53 Å². The summed E-state index contributed by atoms with van der Waals surface area (Å²) in [5.41, 5.74) is 0.922. The molecule has 28 heavy (non-hydrogen) atoms. The van der Waals surface area contributed by atoms with E-state index < -0.39 is 31.9 Å². The smallest absolute Gasteiger partial charge is 0.411 e. The molecule has 0 aromatic heterocycles. The van der Waals surface area contributed by atoms with E-state index in [2.05, 4.69) is 14.8 Å². The van der Waals surface area contributed by atoms with Gasteiger partial charge in [0, 0.05) is 11.3 Å². The third-order valence-corrected chi connectivity index (χ3v) is 3.38. The van der Waals surface area contributed by atoms with Crippen molar-refractivity contribution in [2.75, 3.05) is 25.6 Å². The van der Waals surface area contributed by atoms with Gasteiger partial charge in [0.15, 0.2) is 0 Å². The Kier molecular flexibility index (Phi) is 7.16. The van der Waals surface area contributed by atoms with Gasteiger partial charge in [-0.1, -0.05) is 12.1 Å². The van der Waals surface area contributed by atoms with Gasteiger partial charge in [0.2, 0.25) is 5.91 Å². The lowest BCUT2D eigenvalue weighted by Gasteiger charge is -2.14. The van der Waals surface area contributed by atoms with Crippen LogP contribution in [0.25, 0.3) is 11.1 Å². The number of nitrogens with one attached hydrogen (secondary N) is 1. The summed E-state index contributed by atoms with van der Waals surface area (Å²) in [6.45, 7) is -5.43. The van der Waals surface area contributed by atoms with Crippen LogP contribution < -0.4 is 14.8 Å². The third kappa shape index (κ3) is 6.69. The van der Waals surface area contributed by atoms with E-state index in [1.165, 1.54) is 25.3 Å². The Morgan fingerprint density at radius 3 is 2.36 bits per heavy atom. The van der Waals surface area contributed by atoms with Crippen molar-refractivity contribution in [3.8, 4) is 22.6 Å². The van der Waals surface area contributed by atoms with E-state index >= 15 is 0 Å². The van der Waals surface area contributed by atoms with Crippen molar-refractivity contribution in [3.63, 3.8) is 0 Å². The molecule has 1 N–H and O–H groups in total. The van der Waals surface area contributed by atoms with Crippen LogP contribution in [0.2, 0.25) is 0 Å². The number of rotatable bonds is 8. The number of carbonyl (C=O) groups is 1. The summed E-state index contributed by atoms with van der Waals surface area (Å²) in [7, 11) is 1.47. The van der Waals surface area contributed by atoms with Crippen LogP contribution in [-0.4, -0.2) is 39.0 Å². The number of methoxy groups -OCH3 is 1. The fourth-order valence-corrected chi connectivity index (χ4v) is 2.26. The molecule has 0 saturated carbocycles. The fourth-order valence-electron chi connectivity index (χ4n) is 2.26. The number of amides is 1. The second-order valence-corrected chi connectivity index (χ2v) is 5.47. The second-order valence-electron chi connectivity index (χ2n) is 5.47. The van der Waals surface area contributed by atoms with Crippen molar-refractivity contribution < 1.29 is 41.0 Å². The minimum absolute atomic E-state index is 0.133. The molecule has 0 aliphatic heterocycles. The van der Waals surface area contributed by atoms with Gasteiger partial charge in [-0.2, -0.15) is 22.0 Å². The van der Waals surface area contributed by atoms with E-state index in [1.54, 1.807) is 24.3 Å². The first-order valence-corrected chi connectivity index (χ1v) is 7.85. The Morgan fingerprint density at radius 1 is 1.11 bits per heavy atom. The predicted molar refractivity (Wildman–Crippen MR) is 90.6 cm³/mol. The number of hydrogen-bond donors (Lipinski definition) is 1. The van der Waals surface area contributed by atoms with E-state index in [9.17, 15) is 26.7 Å². The first kappa shape index (κ1) is 21.4. The van der Waals surface area contributed by atoms with Crippen LogP contribution in [0.4, 0.5) is 27.6 Å². The van der Waals surface area contributed by atoms with Gasteiger partial charge < -0.3 is 19.5 Å². The molecular formula is C18H16F5NO4. The van der Waals surface area contributed by atoms with Gasteiger partial charge in [-0.15, -0.1) is 0 Å². The standard InChI is InChI=1S/C18H16F5NO4/c1-26-13-5-2-11(3-6-13)14-8-12(4-7-15(14)28-17(19)20)24-16(25)9-27-10-18(21,22)23/h2-8,17H,9-10H2,1H3,(H,24,25). The van der Waals surface area contributed by atoms with E-state index in [0.717, 1.165) is 0 Å². The molecule has 0 atom stereocenters. The molecule has 2 rings (SSSR count). The van der Waals surface area contributed by atoms with Crippen molar-refractivity contribution in [3.05, 3.63) is 42.5 Å². The van der Waals surface area contributed by atoms with Crippen LogP contribution in [0, 0.1) is 0 Å². The van der Waals surface area contributed by atoms with Crippen molar-refractivity contribution in [2.24, 2.45) is 0 Å². The maximum Gasteiger partial charge on any atom is 0.411 e. The van der Waals surface area contributed by atoms with Gasteiger partial charge in [-0.3, -0.25) is 4.79 Å². The van der Waals surface area contributed by atoms with Crippen LogP contribution in [0.1, 0.15) is 0 Å². The molecule has 5 nitrogen and oxygen atoms in total. The van der Waals surface area contributed by atoms with E-state index in [4.69, 9.17) is 4.74 Å². The van der Waals surface area contributed by atoms with Gasteiger partial charge in [0.25, 0.3) is 0 Å². The maximum atomic E-state index is 12.7. The summed E-state index contributed by atoms with van der Waals surface area (Å²) in [5.74, 6) is -0.412. The lowest BCUT2D eigenvalue weighted by atomic mass is 10.0. The number of benzene rings is 2. The summed E-state index contributed by atoms with van der Waals surface area (Å²) in [6, 6.07) is 10.3. The van der Waals surface area contributed by atoms with Gasteiger partial charge in [-0.05, 0) is 35.9 Å². The summed E-state index contributed by atoms with van der Waals surface area (Å²) in [4.78, 5) is 11.7. The molecule has 0 bridgehead atoms. The highest BCUT2D eigenvalue weighted by Gasteiger charge is 2.27. The highest BCUT2D eigenvalue weighted by molar-refractivity contribution is 5.93. The number of hydrogen-bond acceptors (Lipinski definition) is 4. The summed E-state index contributed by atoms with van der Waals surface area (Å²) < 4.78 is 75.2. The number of halogens is 5. The molecule has 0 aliphatic carbocycles. The van der Waals surface area contributed by atoms with Crippen molar-refractivity contribution in [1.82, 2.24) is 0 Å². The quantitative estimate of drug-likeness (QED) is 0.658. The normalized spacial score (nSPS) is 11.4. The van der Waals surface area contributed by atoms with Crippen LogP contribution in [0.5, 0.6) is 11.5 Å². The molecule has 0 fully saturated rings. The van der Waals surface area contributed by atoms with Gasteiger partial charge in [0.1, 0.15) is 24.7 Å². The van der Waals surface area contributed by atoms with Gasteiger partial charge in [-0.25, -0.2) is 0 Å². The third-order valence-electron chi connectivity index (χ3n) is 3.38. The van der Waals surface area contributed by atoms with E-state index in [1.807, 2.05) is 0 Å². The largest absolute Gasteiger partial charge is 0.497 e. The number of carbonyl (C=O) groups excluding carboxylic acids is 1. The Balaban J connectivity index is 2.18. The molecule has 0 aliphatic rings. The van der Waals surface area contributed by atoms with E-state index in [0.29, 0.717) is 11.3 Å². The molecule has 0 radical (unpaired) electrons. The monoisotopic (exact) mass is 405 g/mol. The molecule has 0 saturated heterocycles. The molecule has 0 heterocycles. The van der Waals surface area contributed by atoms with Crippen molar-refractivity contribution >= 4 is 11.6 Å². The van der Waals surface area contributed by atoms with E-state index in [-0.39, 0.29) is 17.0 Å². The summed E-state index contributed by atoms with van der Waals surface area (Å²) in [6.07, 6.45) is -4.55. The predicted octanol–water partition coefficient (Wildman–Crippen LogP) is 4.48.